The third kappa shape index (κ3) is 4.05. The Morgan fingerprint density at radius 3 is 2.52 bits per heavy atom. The molecule has 0 spiro atoms. The summed E-state index contributed by atoms with van der Waals surface area (Å²) in [6, 6.07) is 13.8. The number of H-pyrrole nitrogens is 1. The lowest BCUT2D eigenvalue weighted by molar-refractivity contribution is -0.130. The molecule has 2 aromatic carbocycles. The van der Waals surface area contributed by atoms with E-state index < -0.39 is 23.2 Å². The molecule has 0 bridgehead atoms. The van der Waals surface area contributed by atoms with Gasteiger partial charge >= 0.3 is 5.69 Å². The predicted molar refractivity (Wildman–Crippen MR) is 123 cm³/mol. The highest BCUT2D eigenvalue weighted by molar-refractivity contribution is 6.04. The Bertz CT molecular complexity index is 1350. The highest BCUT2D eigenvalue weighted by Crippen LogP contribution is 2.34. The number of carbonyl (C=O) groups excluding carboxylic acids is 1. The van der Waals surface area contributed by atoms with Crippen LogP contribution >= 0.6 is 0 Å². The number of carbonyl (C=O) groups is 1. The van der Waals surface area contributed by atoms with Crippen molar-refractivity contribution in [2.24, 2.45) is 5.10 Å². The van der Waals surface area contributed by atoms with Crippen molar-refractivity contribution in [1.29, 1.82) is 0 Å². The van der Waals surface area contributed by atoms with Gasteiger partial charge in [0.2, 0.25) is 11.8 Å². The molecule has 2 N–H and O–H groups in total. The summed E-state index contributed by atoms with van der Waals surface area (Å²) in [6.07, 6.45) is 0.191. The van der Waals surface area contributed by atoms with E-state index in [9.17, 15) is 19.5 Å². The van der Waals surface area contributed by atoms with Gasteiger partial charge in [-0.2, -0.15) is 5.10 Å². The first-order chi connectivity index (χ1) is 15.8. The Kier molecular flexibility index (Phi) is 5.87. The Balaban J connectivity index is 1.79. The minimum absolute atomic E-state index is 0.141. The van der Waals surface area contributed by atoms with Crippen LogP contribution in [0.3, 0.4) is 0 Å². The fraction of sp³-hybridized carbons (Fsp3) is 0.250. The van der Waals surface area contributed by atoms with Crippen LogP contribution in [0, 0.1) is 6.92 Å². The quantitative estimate of drug-likeness (QED) is 0.622. The zero-order valence-corrected chi connectivity index (χ0v) is 18.5. The molecule has 170 valence electrons. The van der Waals surface area contributed by atoms with Gasteiger partial charge in [-0.05, 0) is 43.2 Å². The summed E-state index contributed by atoms with van der Waals surface area (Å²) >= 11 is 0. The van der Waals surface area contributed by atoms with Crippen LogP contribution in [-0.2, 0) is 4.79 Å². The molecule has 1 aliphatic rings. The number of nitrogens with zero attached hydrogens (tertiary/aromatic N) is 3. The van der Waals surface area contributed by atoms with Gasteiger partial charge in [-0.15, -0.1) is 0 Å². The van der Waals surface area contributed by atoms with Crippen molar-refractivity contribution >= 4 is 11.6 Å². The van der Waals surface area contributed by atoms with E-state index in [4.69, 9.17) is 4.74 Å². The molecule has 9 nitrogen and oxygen atoms in total. The second kappa shape index (κ2) is 8.78. The largest absolute Gasteiger partial charge is 0.494 e. The smallest absolute Gasteiger partial charge is 0.335 e. The topological polar surface area (TPSA) is 117 Å². The Labute approximate surface area is 189 Å². The molecule has 0 saturated heterocycles. The summed E-state index contributed by atoms with van der Waals surface area (Å²) in [4.78, 5) is 39.9. The van der Waals surface area contributed by atoms with Crippen LogP contribution in [0.1, 0.15) is 43.0 Å². The molecule has 2 heterocycles. The van der Waals surface area contributed by atoms with Crippen molar-refractivity contribution in [3.8, 4) is 17.3 Å². The number of hydrogen-bond donors (Lipinski definition) is 2. The van der Waals surface area contributed by atoms with Crippen molar-refractivity contribution in [3.63, 3.8) is 0 Å². The predicted octanol–water partition coefficient (Wildman–Crippen LogP) is 2.64. The molecule has 0 saturated carbocycles. The SMILES string of the molecule is CCOc1ccc(C2CC(c3c(O)n(-c4ccccc4C)c(=O)[nH]c3=O)=NN2C(C)=O)cc1. The van der Waals surface area contributed by atoms with Crippen molar-refractivity contribution in [2.45, 2.75) is 33.2 Å². The van der Waals surface area contributed by atoms with E-state index in [1.54, 1.807) is 43.3 Å². The number of rotatable bonds is 5. The normalized spacial score (nSPS) is 15.4. The van der Waals surface area contributed by atoms with Gasteiger partial charge < -0.3 is 9.84 Å². The second-order valence-electron chi connectivity index (χ2n) is 7.71. The average molecular weight is 448 g/mol. The summed E-state index contributed by atoms with van der Waals surface area (Å²) in [5.41, 5.74) is 0.511. The van der Waals surface area contributed by atoms with Crippen LogP contribution in [-0.4, -0.2) is 37.9 Å². The van der Waals surface area contributed by atoms with Crippen molar-refractivity contribution < 1.29 is 14.6 Å². The molecule has 33 heavy (non-hydrogen) atoms. The number of benzene rings is 2. The molecular weight excluding hydrogens is 424 g/mol. The van der Waals surface area contributed by atoms with Crippen LogP contribution in [0.5, 0.6) is 11.6 Å². The number of ether oxygens (including phenoxy) is 1. The van der Waals surface area contributed by atoms with Gasteiger partial charge in [-0.1, -0.05) is 30.3 Å². The van der Waals surface area contributed by atoms with Crippen LogP contribution in [0.2, 0.25) is 0 Å². The van der Waals surface area contributed by atoms with E-state index in [0.717, 1.165) is 15.7 Å². The first-order valence-corrected chi connectivity index (χ1v) is 10.6. The van der Waals surface area contributed by atoms with Crippen LogP contribution in [0.4, 0.5) is 0 Å². The summed E-state index contributed by atoms with van der Waals surface area (Å²) in [7, 11) is 0. The number of nitrogens with one attached hydrogen (secondary N) is 1. The van der Waals surface area contributed by atoms with Crippen LogP contribution in [0.25, 0.3) is 5.69 Å². The molecule has 1 atom stereocenters. The highest BCUT2D eigenvalue weighted by atomic mass is 16.5. The minimum atomic E-state index is -0.767. The standard InChI is InChI=1S/C24H24N4O5/c1-4-33-17-11-9-16(10-12-17)20-13-18(26-28(20)15(3)29)21-22(30)25-24(32)27(23(21)31)19-8-6-5-7-14(19)2/h5-12,20,31H,4,13H2,1-3H3,(H,25,30,32). The lowest BCUT2D eigenvalue weighted by Crippen LogP contribution is -2.33. The number of aromatic hydroxyl groups is 1. The maximum atomic E-state index is 12.7. The Morgan fingerprint density at radius 1 is 1.18 bits per heavy atom. The maximum Gasteiger partial charge on any atom is 0.335 e. The molecule has 0 aliphatic carbocycles. The van der Waals surface area contributed by atoms with Gasteiger partial charge in [-0.25, -0.2) is 14.4 Å². The number of amides is 1. The van der Waals surface area contributed by atoms with Gasteiger partial charge in [0, 0.05) is 13.3 Å². The molecule has 9 heteroatoms. The summed E-state index contributed by atoms with van der Waals surface area (Å²) in [6.45, 7) is 5.60. The van der Waals surface area contributed by atoms with Crippen molar-refractivity contribution in [3.05, 3.63) is 86.1 Å². The lowest BCUT2D eigenvalue weighted by atomic mass is 9.99. The van der Waals surface area contributed by atoms with E-state index in [0.29, 0.717) is 18.0 Å². The van der Waals surface area contributed by atoms with Crippen LogP contribution in [0.15, 0.2) is 63.2 Å². The number of hydrogen-bond acceptors (Lipinski definition) is 6. The van der Waals surface area contributed by atoms with Gasteiger partial charge in [0.15, 0.2) is 0 Å². The van der Waals surface area contributed by atoms with Gasteiger partial charge in [0.1, 0.15) is 11.3 Å². The fourth-order valence-corrected chi connectivity index (χ4v) is 3.99. The number of aromatic amines is 1. The molecule has 3 aromatic rings. The number of hydrazone groups is 1. The number of aromatic nitrogens is 2. The van der Waals surface area contributed by atoms with E-state index in [2.05, 4.69) is 10.1 Å². The van der Waals surface area contributed by atoms with Crippen molar-refractivity contribution in [1.82, 2.24) is 14.6 Å². The van der Waals surface area contributed by atoms with E-state index in [1.807, 2.05) is 19.1 Å². The highest BCUT2D eigenvalue weighted by Gasteiger charge is 2.34. The summed E-state index contributed by atoms with van der Waals surface area (Å²) in [5, 5.41) is 16.6. The first-order valence-electron chi connectivity index (χ1n) is 10.6. The second-order valence-corrected chi connectivity index (χ2v) is 7.71. The summed E-state index contributed by atoms with van der Waals surface area (Å²) in [5.74, 6) is -0.131. The molecule has 1 aliphatic heterocycles. The molecular formula is C24H24N4O5. The van der Waals surface area contributed by atoms with Gasteiger partial charge in [0.25, 0.3) is 5.56 Å². The molecule has 4 rings (SSSR count). The maximum absolute atomic E-state index is 12.7. The Hall–Kier alpha value is -4.14. The number of aryl methyl sites for hydroxylation is 1. The summed E-state index contributed by atoms with van der Waals surface area (Å²) < 4.78 is 6.51. The number of para-hydroxylation sites is 1. The van der Waals surface area contributed by atoms with E-state index in [1.165, 1.54) is 11.9 Å². The molecule has 0 fully saturated rings. The molecule has 0 radical (unpaired) electrons. The first kappa shape index (κ1) is 22.1. The molecule has 1 amide bonds. The minimum Gasteiger partial charge on any atom is -0.494 e. The monoisotopic (exact) mass is 448 g/mol. The van der Waals surface area contributed by atoms with Gasteiger partial charge in [-0.3, -0.25) is 14.6 Å². The third-order valence-corrected chi connectivity index (χ3v) is 5.54. The molecule has 1 unspecified atom stereocenters. The fourth-order valence-electron chi connectivity index (χ4n) is 3.99. The zero-order valence-electron chi connectivity index (χ0n) is 18.5. The lowest BCUT2D eigenvalue weighted by Gasteiger charge is -2.20. The van der Waals surface area contributed by atoms with E-state index in [-0.39, 0.29) is 23.6 Å². The average Bonchev–Trinajstić information content (AvgIpc) is 3.21. The van der Waals surface area contributed by atoms with E-state index >= 15 is 0 Å². The Morgan fingerprint density at radius 2 is 1.88 bits per heavy atom. The van der Waals surface area contributed by atoms with Crippen LogP contribution < -0.4 is 16.0 Å². The van der Waals surface area contributed by atoms with Crippen molar-refractivity contribution in [2.75, 3.05) is 6.61 Å². The molecule has 1 aromatic heterocycles. The van der Waals surface area contributed by atoms with Gasteiger partial charge in [0.05, 0.1) is 24.0 Å². The zero-order chi connectivity index (χ0) is 23.7. The third-order valence-electron chi connectivity index (χ3n) is 5.54.